The maximum absolute atomic E-state index is 5.75. The quantitative estimate of drug-likeness (QED) is 0.420. The van der Waals surface area contributed by atoms with Gasteiger partial charge in [0.05, 0.1) is 0 Å². The third-order valence-corrected chi connectivity index (χ3v) is 3.23. The van der Waals surface area contributed by atoms with E-state index in [9.17, 15) is 0 Å². The molecular weight excluding hydrogens is 243 g/mol. The van der Waals surface area contributed by atoms with Crippen molar-refractivity contribution in [1.29, 1.82) is 0 Å². The molecule has 0 aromatic carbocycles. The van der Waals surface area contributed by atoms with Crippen molar-refractivity contribution in [3.05, 3.63) is 0 Å². The summed E-state index contributed by atoms with van der Waals surface area (Å²) in [5, 5.41) is 0. The van der Waals surface area contributed by atoms with Crippen molar-refractivity contribution in [3.63, 3.8) is 0 Å². The Labute approximate surface area is 111 Å². The van der Waals surface area contributed by atoms with Crippen LogP contribution in [0.25, 0.3) is 0 Å². The molecule has 2 nitrogen and oxygen atoms in total. The molecular formula is C12H26Cl2N2. The summed E-state index contributed by atoms with van der Waals surface area (Å²) < 4.78 is 0. The van der Waals surface area contributed by atoms with Crippen LogP contribution in [0.2, 0.25) is 0 Å². The third kappa shape index (κ3) is 8.63. The molecule has 0 bridgehead atoms. The predicted molar refractivity (Wildman–Crippen MR) is 74.9 cm³/mol. The minimum atomic E-state index is 0.701. The first-order valence-corrected chi connectivity index (χ1v) is 7.42. The first-order valence-electron chi connectivity index (χ1n) is 6.35. The van der Waals surface area contributed by atoms with Crippen molar-refractivity contribution in [1.82, 2.24) is 9.80 Å². The summed E-state index contributed by atoms with van der Waals surface area (Å²) in [6, 6.07) is 0. The monoisotopic (exact) mass is 268 g/mol. The highest BCUT2D eigenvalue weighted by molar-refractivity contribution is 6.18. The molecule has 0 N–H and O–H groups in total. The van der Waals surface area contributed by atoms with Gasteiger partial charge in [0, 0.05) is 24.8 Å². The second kappa shape index (κ2) is 12.0. The number of unbranched alkanes of at least 4 members (excludes halogenated alkanes) is 1. The molecule has 0 saturated heterocycles. The Morgan fingerprint density at radius 3 is 1.50 bits per heavy atom. The number of hydrogen-bond donors (Lipinski definition) is 0. The topological polar surface area (TPSA) is 6.48 Å². The summed E-state index contributed by atoms with van der Waals surface area (Å²) in [6.07, 6.45) is 2.51. The summed E-state index contributed by atoms with van der Waals surface area (Å²) in [7, 11) is 0. The number of nitrogens with zero attached hydrogens (tertiary/aromatic N) is 2. The van der Waals surface area contributed by atoms with Crippen LogP contribution in [0.15, 0.2) is 0 Å². The maximum atomic E-state index is 5.75. The molecule has 0 heterocycles. The lowest BCUT2D eigenvalue weighted by Crippen LogP contribution is -2.30. The van der Waals surface area contributed by atoms with Crippen molar-refractivity contribution < 1.29 is 0 Å². The van der Waals surface area contributed by atoms with Crippen molar-refractivity contribution in [2.75, 3.05) is 51.0 Å². The number of rotatable bonds is 11. The van der Waals surface area contributed by atoms with Gasteiger partial charge in [-0.15, -0.1) is 23.2 Å². The van der Waals surface area contributed by atoms with Crippen molar-refractivity contribution in [2.45, 2.75) is 26.7 Å². The highest BCUT2D eigenvalue weighted by Gasteiger charge is 2.03. The Balaban J connectivity index is 3.52. The van der Waals surface area contributed by atoms with Gasteiger partial charge in [-0.3, -0.25) is 0 Å². The molecule has 0 aliphatic rings. The molecule has 4 heteroatoms. The molecule has 98 valence electrons. The molecule has 0 spiro atoms. The highest BCUT2D eigenvalue weighted by atomic mass is 35.5. The Kier molecular flexibility index (Phi) is 12.3. The Morgan fingerprint density at radius 2 is 1.12 bits per heavy atom. The van der Waals surface area contributed by atoms with Gasteiger partial charge < -0.3 is 9.80 Å². The molecule has 0 fully saturated rings. The highest BCUT2D eigenvalue weighted by Crippen LogP contribution is 1.99. The fourth-order valence-electron chi connectivity index (χ4n) is 1.79. The van der Waals surface area contributed by atoms with E-state index in [1.807, 2.05) is 0 Å². The fourth-order valence-corrected chi connectivity index (χ4v) is 2.26. The molecule has 0 rings (SSSR count). The lowest BCUT2D eigenvalue weighted by molar-refractivity contribution is 0.267. The van der Waals surface area contributed by atoms with Crippen molar-refractivity contribution in [3.8, 4) is 0 Å². The summed E-state index contributed by atoms with van der Waals surface area (Å²) in [5.74, 6) is 1.40. The van der Waals surface area contributed by atoms with E-state index in [0.29, 0.717) is 11.8 Å². The van der Waals surface area contributed by atoms with E-state index in [1.165, 1.54) is 19.4 Å². The summed E-state index contributed by atoms with van der Waals surface area (Å²) in [5.41, 5.74) is 0. The van der Waals surface area contributed by atoms with E-state index in [2.05, 4.69) is 23.6 Å². The minimum Gasteiger partial charge on any atom is -0.304 e. The van der Waals surface area contributed by atoms with Gasteiger partial charge in [-0.2, -0.15) is 0 Å². The number of hydrogen-bond acceptors (Lipinski definition) is 2. The zero-order valence-electron chi connectivity index (χ0n) is 10.7. The van der Waals surface area contributed by atoms with Crippen LogP contribution in [-0.2, 0) is 0 Å². The van der Waals surface area contributed by atoms with E-state index in [4.69, 9.17) is 23.2 Å². The number of halogens is 2. The normalized spacial score (nSPS) is 11.6. The van der Waals surface area contributed by atoms with E-state index in [0.717, 1.165) is 32.7 Å². The Morgan fingerprint density at radius 1 is 0.688 bits per heavy atom. The van der Waals surface area contributed by atoms with Gasteiger partial charge >= 0.3 is 0 Å². The molecule has 0 aliphatic heterocycles. The van der Waals surface area contributed by atoms with Crippen LogP contribution >= 0.6 is 23.2 Å². The van der Waals surface area contributed by atoms with Gasteiger partial charge in [0.2, 0.25) is 0 Å². The third-order valence-electron chi connectivity index (χ3n) is 2.89. The molecule has 0 amide bonds. The number of alkyl halides is 2. The zero-order valence-corrected chi connectivity index (χ0v) is 12.2. The fraction of sp³-hybridized carbons (Fsp3) is 1.00. The van der Waals surface area contributed by atoms with Gasteiger partial charge in [-0.25, -0.2) is 0 Å². The van der Waals surface area contributed by atoms with E-state index < -0.39 is 0 Å². The molecule has 0 aliphatic carbocycles. The molecule has 0 aromatic heterocycles. The second-order valence-electron chi connectivity index (χ2n) is 3.95. The van der Waals surface area contributed by atoms with Crippen molar-refractivity contribution >= 4 is 23.2 Å². The lowest BCUT2D eigenvalue weighted by Gasteiger charge is -2.21. The van der Waals surface area contributed by atoms with Crippen LogP contribution < -0.4 is 0 Å². The van der Waals surface area contributed by atoms with Gasteiger partial charge in [0.1, 0.15) is 0 Å². The summed E-state index contributed by atoms with van der Waals surface area (Å²) in [4.78, 5) is 4.82. The van der Waals surface area contributed by atoms with Crippen LogP contribution in [0.5, 0.6) is 0 Å². The molecule has 0 saturated carbocycles. The molecule has 0 radical (unpaired) electrons. The van der Waals surface area contributed by atoms with Crippen LogP contribution in [0.1, 0.15) is 26.7 Å². The maximum Gasteiger partial charge on any atom is 0.0351 e. The Bertz CT molecular complexity index is 135. The average molecular weight is 269 g/mol. The van der Waals surface area contributed by atoms with E-state index in [-0.39, 0.29) is 0 Å². The molecule has 0 atom stereocenters. The zero-order chi connectivity index (χ0) is 12.2. The Hall–Kier alpha value is 0.500. The van der Waals surface area contributed by atoms with E-state index in [1.54, 1.807) is 0 Å². The smallest absolute Gasteiger partial charge is 0.0351 e. The standard InChI is InChI=1S/C12H26Cl2N2/c1-3-15(4-2)9-5-6-10-16(11-7-13)12-8-14/h3-12H2,1-2H3. The molecule has 0 unspecified atom stereocenters. The summed E-state index contributed by atoms with van der Waals surface area (Å²) in [6.45, 7) is 11.0. The second-order valence-corrected chi connectivity index (χ2v) is 4.71. The van der Waals surface area contributed by atoms with Gasteiger partial charge in [-0.1, -0.05) is 13.8 Å². The minimum absolute atomic E-state index is 0.701. The van der Waals surface area contributed by atoms with Crippen molar-refractivity contribution in [2.24, 2.45) is 0 Å². The van der Waals surface area contributed by atoms with Gasteiger partial charge in [-0.05, 0) is 39.0 Å². The van der Waals surface area contributed by atoms with Gasteiger partial charge in [0.25, 0.3) is 0 Å². The first kappa shape index (κ1) is 16.5. The van der Waals surface area contributed by atoms with E-state index >= 15 is 0 Å². The van der Waals surface area contributed by atoms with Crippen LogP contribution in [0, 0.1) is 0 Å². The largest absolute Gasteiger partial charge is 0.304 e. The van der Waals surface area contributed by atoms with Crippen LogP contribution in [0.4, 0.5) is 0 Å². The average Bonchev–Trinajstić information content (AvgIpc) is 2.30. The first-order chi connectivity index (χ1) is 7.78. The lowest BCUT2D eigenvalue weighted by atomic mass is 10.2. The molecule has 16 heavy (non-hydrogen) atoms. The predicted octanol–water partition coefficient (Wildman–Crippen LogP) is 2.89. The van der Waals surface area contributed by atoms with Crippen LogP contribution in [0.3, 0.4) is 0 Å². The van der Waals surface area contributed by atoms with Gasteiger partial charge in [0.15, 0.2) is 0 Å². The SMILES string of the molecule is CCN(CC)CCCCN(CCCl)CCCl. The molecule has 0 aromatic rings. The van der Waals surface area contributed by atoms with Crippen LogP contribution in [-0.4, -0.2) is 60.8 Å². The summed E-state index contributed by atoms with van der Waals surface area (Å²) >= 11 is 11.5.